The van der Waals surface area contributed by atoms with Crippen LogP contribution in [0.1, 0.15) is 6.92 Å². The van der Waals surface area contributed by atoms with Crippen LogP contribution in [0.2, 0.25) is 5.15 Å². The van der Waals surface area contributed by atoms with Gasteiger partial charge in [0, 0.05) is 0 Å². The van der Waals surface area contributed by atoms with Gasteiger partial charge in [0.05, 0.1) is 23.0 Å². The monoisotopic (exact) mass is 353 g/mol. The molecule has 0 aliphatic heterocycles. The second kappa shape index (κ2) is 7.45. The molecule has 1 aromatic rings. The van der Waals surface area contributed by atoms with Crippen LogP contribution in [0.4, 0.5) is 15.4 Å². The van der Waals surface area contributed by atoms with Crippen molar-refractivity contribution in [2.45, 2.75) is 6.92 Å². The number of halogens is 2. The number of hydrogen-bond donors (Lipinski definition) is 2. The van der Waals surface area contributed by atoms with E-state index in [-0.39, 0.29) is 17.6 Å². The van der Waals surface area contributed by atoms with Crippen LogP contribution in [0, 0.1) is 0 Å². The summed E-state index contributed by atoms with van der Waals surface area (Å²) in [5.41, 5.74) is 0. The van der Waals surface area contributed by atoms with Gasteiger partial charge in [0.15, 0.2) is 0 Å². The molecule has 98 valence electrons. The first kappa shape index (κ1) is 15.1. The van der Waals surface area contributed by atoms with Gasteiger partial charge in [-0.05, 0) is 35.0 Å². The standard InChI is InChI=1S/C9H9BrClN3O3S/c1-2-17-8(15)14-18-9(16)13-6-4-3-5(10)7(11)12-6/h3-4H,2H2,1H3,(H,14,15)(H,12,13,16). The molecule has 1 heterocycles. The Labute approximate surface area is 121 Å². The van der Waals surface area contributed by atoms with Gasteiger partial charge in [-0.25, -0.2) is 9.78 Å². The normalized spacial score (nSPS) is 9.72. The van der Waals surface area contributed by atoms with Crippen molar-refractivity contribution in [2.24, 2.45) is 0 Å². The van der Waals surface area contributed by atoms with E-state index in [0.29, 0.717) is 16.4 Å². The predicted molar refractivity (Wildman–Crippen MR) is 73.7 cm³/mol. The highest BCUT2D eigenvalue weighted by Gasteiger charge is 2.09. The van der Waals surface area contributed by atoms with Gasteiger partial charge < -0.3 is 4.74 Å². The quantitative estimate of drug-likeness (QED) is 0.628. The molecule has 2 N–H and O–H groups in total. The zero-order valence-corrected chi connectivity index (χ0v) is 12.4. The molecule has 0 aliphatic carbocycles. The van der Waals surface area contributed by atoms with Gasteiger partial charge in [-0.1, -0.05) is 11.6 Å². The maximum atomic E-state index is 11.4. The fourth-order valence-corrected chi connectivity index (χ4v) is 1.63. The molecular weight excluding hydrogens is 346 g/mol. The minimum absolute atomic E-state index is 0.233. The van der Waals surface area contributed by atoms with Crippen LogP contribution in [0.25, 0.3) is 0 Å². The number of carbonyl (C=O) groups excluding carboxylic acids is 2. The number of rotatable bonds is 2. The maximum absolute atomic E-state index is 11.4. The van der Waals surface area contributed by atoms with Crippen molar-refractivity contribution in [1.29, 1.82) is 0 Å². The Balaban J connectivity index is 2.44. The van der Waals surface area contributed by atoms with Crippen molar-refractivity contribution in [3.05, 3.63) is 21.8 Å². The fourth-order valence-electron chi connectivity index (χ4n) is 0.866. The van der Waals surface area contributed by atoms with E-state index < -0.39 is 11.3 Å². The molecule has 18 heavy (non-hydrogen) atoms. The van der Waals surface area contributed by atoms with Crippen LogP contribution in [-0.4, -0.2) is 22.9 Å². The van der Waals surface area contributed by atoms with Crippen molar-refractivity contribution in [2.75, 3.05) is 11.9 Å². The van der Waals surface area contributed by atoms with Crippen molar-refractivity contribution in [3.63, 3.8) is 0 Å². The fraction of sp³-hybridized carbons (Fsp3) is 0.222. The van der Waals surface area contributed by atoms with E-state index in [9.17, 15) is 9.59 Å². The minimum atomic E-state index is -0.681. The van der Waals surface area contributed by atoms with Gasteiger partial charge in [0.1, 0.15) is 11.0 Å². The first-order valence-corrected chi connectivity index (χ1v) is 6.74. The Morgan fingerprint density at radius 1 is 1.56 bits per heavy atom. The molecule has 0 saturated heterocycles. The highest BCUT2D eigenvalue weighted by atomic mass is 79.9. The molecule has 0 aliphatic rings. The Bertz CT molecular complexity index is 461. The lowest BCUT2D eigenvalue weighted by molar-refractivity contribution is 0.159. The van der Waals surface area contributed by atoms with Crippen molar-refractivity contribution < 1.29 is 14.3 Å². The number of nitrogens with zero attached hydrogens (tertiary/aromatic N) is 1. The van der Waals surface area contributed by atoms with Crippen molar-refractivity contribution in [3.8, 4) is 0 Å². The van der Waals surface area contributed by atoms with Crippen molar-refractivity contribution >= 4 is 56.6 Å². The molecule has 0 fully saturated rings. The number of aromatic nitrogens is 1. The van der Waals surface area contributed by atoms with E-state index >= 15 is 0 Å². The lowest BCUT2D eigenvalue weighted by Crippen LogP contribution is -2.21. The summed E-state index contributed by atoms with van der Waals surface area (Å²) in [6.07, 6.45) is -0.681. The molecule has 6 nitrogen and oxygen atoms in total. The van der Waals surface area contributed by atoms with Crippen LogP contribution in [-0.2, 0) is 4.74 Å². The lowest BCUT2D eigenvalue weighted by Gasteiger charge is -2.05. The predicted octanol–water partition coefficient (Wildman–Crippen LogP) is 3.42. The van der Waals surface area contributed by atoms with E-state index in [1.807, 2.05) is 0 Å². The number of ether oxygens (including phenoxy) is 1. The molecule has 0 atom stereocenters. The number of pyridine rings is 1. The Hall–Kier alpha value is -0.990. The molecule has 0 saturated carbocycles. The molecular formula is C9H9BrClN3O3S. The number of nitrogens with one attached hydrogen (secondary N) is 2. The topological polar surface area (TPSA) is 80.3 Å². The van der Waals surface area contributed by atoms with Gasteiger partial charge in [-0.15, -0.1) is 0 Å². The summed E-state index contributed by atoms with van der Waals surface area (Å²) < 4.78 is 7.41. The zero-order chi connectivity index (χ0) is 13.5. The third-order valence-electron chi connectivity index (χ3n) is 1.54. The summed E-state index contributed by atoms with van der Waals surface area (Å²) in [7, 11) is 0. The first-order chi connectivity index (χ1) is 8.52. The second-order valence-electron chi connectivity index (χ2n) is 2.81. The van der Waals surface area contributed by atoms with Gasteiger partial charge in [0.25, 0.3) is 0 Å². The Morgan fingerprint density at radius 3 is 2.89 bits per heavy atom. The Morgan fingerprint density at radius 2 is 2.28 bits per heavy atom. The molecule has 0 aromatic carbocycles. The van der Waals surface area contributed by atoms with Crippen molar-refractivity contribution in [1.82, 2.24) is 9.71 Å². The molecule has 0 bridgehead atoms. The highest BCUT2D eigenvalue weighted by molar-refractivity contribution is 9.10. The SMILES string of the molecule is CCOC(=O)NSC(=O)Nc1ccc(Br)c(Cl)n1. The summed E-state index contributed by atoms with van der Waals surface area (Å²) in [6.45, 7) is 1.90. The van der Waals surface area contributed by atoms with Gasteiger partial charge in [-0.2, -0.15) is 0 Å². The van der Waals surface area contributed by atoms with E-state index in [1.54, 1.807) is 19.1 Å². The van der Waals surface area contributed by atoms with E-state index in [2.05, 4.69) is 35.7 Å². The number of anilines is 1. The maximum Gasteiger partial charge on any atom is 0.417 e. The van der Waals surface area contributed by atoms with Crippen LogP contribution in [0.3, 0.4) is 0 Å². The van der Waals surface area contributed by atoms with E-state index in [4.69, 9.17) is 11.6 Å². The Kier molecular flexibility index (Phi) is 6.23. The number of carbonyl (C=O) groups is 2. The van der Waals surface area contributed by atoms with Crippen LogP contribution in [0.5, 0.6) is 0 Å². The number of hydrogen-bond acceptors (Lipinski definition) is 5. The summed E-state index contributed by atoms with van der Waals surface area (Å²) in [5.74, 6) is 0.284. The number of amides is 2. The van der Waals surface area contributed by atoms with Gasteiger partial charge >= 0.3 is 11.3 Å². The van der Waals surface area contributed by atoms with E-state index in [0.717, 1.165) is 0 Å². The molecule has 1 aromatic heterocycles. The molecule has 2 amide bonds. The van der Waals surface area contributed by atoms with E-state index in [1.165, 1.54) is 0 Å². The summed E-state index contributed by atoms with van der Waals surface area (Å²) in [6, 6.07) is 3.22. The molecule has 0 radical (unpaired) electrons. The van der Waals surface area contributed by atoms with Crippen LogP contribution >= 0.6 is 39.5 Å². The van der Waals surface area contributed by atoms with Gasteiger partial charge in [-0.3, -0.25) is 14.8 Å². The molecule has 0 spiro atoms. The van der Waals surface area contributed by atoms with Gasteiger partial charge in [0.2, 0.25) is 0 Å². The third-order valence-corrected chi connectivity index (χ3v) is 3.25. The third kappa shape index (κ3) is 5.11. The average molecular weight is 355 g/mol. The van der Waals surface area contributed by atoms with Crippen LogP contribution in [0.15, 0.2) is 16.6 Å². The zero-order valence-electron chi connectivity index (χ0n) is 9.20. The van der Waals surface area contributed by atoms with Crippen LogP contribution < -0.4 is 10.0 Å². The molecule has 0 unspecified atom stereocenters. The lowest BCUT2D eigenvalue weighted by atomic mass is 10.5. The second-order valence-corrected chi connectivity index (χ2v) is 4.80. The molecule has 9 heteroatoms. The average Bonchev–Trinajstić information content (AvgIpc) is 2.32. The summed E-state index contributed by atoms with van der Waals surface area (Å²) >= 11 is 9.50. The summed E-state index contributed by atoms with van der Waals surface area (Å²) in [5, 5.41) is 2.17. The molecule has 1 rings (SSSR count). The highest BCUT2D eigenvalue weighted by Crippen LogP contribution is 2.22. The largest absolute Gasteiger partial charge is 0.449 e. The summed E-state index contributed by atoms with van der Waals surface area (Å²) in [4.78, 5) is 26.2. The first-order valence-electron chi connectivity index (χ1n) is 4.75. The smallest absolute Gasteiger partial charge is 0.417 e. The minimum Gasteiger partial charge on any atom is -0.449 e.